The van der Waals surface area contributed by atoms with E-state index in [1.807, 2.05) is 55.1 Å². The van der Waals surface area contributed by atoms with Gasteiger partial charge in [-0.05, 0) is 30.7 Å². The molecule has 1 amide bonds. The minimum Gasteiger partial charge on any atom is -0.368 e. The number of pyridine rings is 2. The van der Waals surface area contributed by atoms with Gasteiger partial charge in [0.2, 0.25) is 0 Å². The van der Waals surface area contributed by atoms with Crippen LogP contribution in [0.15, 0.2) is 36.7 Å². The number of anilines is 1. The maximum atomic E-state index is 12.7. The number of carbonyl (C=O) groups is 1. The number of aromatic nitrogens is 2. The van der Waals surface area contributed by atoms with E-state index in [1.54, 1.807) is 12.4 Å². The van der Waals surface area contributed by atoms with Crippen LogP contribution in [-0.2, 0) is 4.74 Å². The topological polar surface area (TPSA) is 58.6 Å². The highest BCUT2D eigenvalue weighted by Crippen LogP contribution is 2.23. The fourth-order valence-electron chi connectivity index (χ4n) is 2.74. The van der Waals surface area contributed by atoms with Gasteiger partial charge in [0.15, 0.2) is 0 Å². The summed E-state index contributed by atoms with van der Waals surface area (Å²) in [5.74, 6) is 0.866. The molecular formula is C18H22N4O2. The first-order valence-corrected chi connectivity index (χ1v) is 8.01. The van der Waals surface area contributed by atoms with Gasteiger partial charge in [-0.25, -0.2) is 4.98 Å². The maximum absolute atomic E-state index is 12.7. The average Bonchev–Trinajstić information content (AvgIpc) is 2.61. The summed E-state index contributed by atoms with van der Waals surface area (Å²) in [6, 6.07) is 7.73. The fraction of sp³-hybridized carbons (Fsp3) is 0.389. The summed E-state index contributed by atoms with van der Waals surface area (Å²) < 4.78 is 5.85. The highest BCUT2D eigenvalue weighted by Gasteiger charge is 2.27. The minimum atomic E-state index is -0.208. The molecule has 1 unspecified atom stereocenters. The van der Waals surface area contributed by atoms with E-state index in [9.17, 15) is 4.79 Å². The quantitative estimate of drug-likeness (QED) is 0.864. The first-order chi connectivity index (χ1) is 11.5. The lowest BCUT2D eigenvalue weighted by atomic mass is 10.1. The summed E-state index contributed by atoms with van der Waals surface area (Å²) >= 11 is 0. The molecule has 24 heavy (non-hydrogen) atoms. The molecule has 2 aromatic heterocycles. The van der Waals surface area contributed by atoms with Crippen LogP contribution in [0.1, 0.15) is 27.7 Å². The van der Waals surface area contributed by atoms with Gasteiger partial charge < -0.3 is 14.5 Å². The predicted octanol–water partition coefficient (Wildman–Crippen LogP) is 2.06. The zero-order chi connectivity index (χ0) is 17.1. The number of aryl methyl sites for hydroxylation is 1. The van der Waals surface area contributed by atoms with Crippen molar-refractivity contribution in [2.24, 2.45) is 0 Å². The fourth-order valence-corrected chi connectivity index (χ4v) is 2.74. The highest BCUT2D eigenvalue weighted by molar-refractivity contribution is 5.94. The molecule has 2 aromatic rings. The highest BCUT2D eigenvalue weighted by atomic mass is 16.5. The zero-order valence-corrected chi connectivity index (χ0v) is 14.3. The van der Waals surface area contributed by atoms with Gasteiger partial charge in [-0.15, -0.1) is 0 Å². The second-order valence-electron chi connectivity index (χ2n) is 6.18. The number of amides is 1. The molecule has 0 saturated carbocycles. The van der Waals surface area contributed by atoms with Crippen LogP contribution < -0.4 is 4.90 Å². The average molecular weight is 326 g/mol. The van der Waals surface area contributed by atoms with Gasteiger partial charge in [-0.1, -0.05) is 6.07 Å². The molecule has 3 rings (SSSR count). The van der Waals surface area contributed by atoms with E-state index in [0.717, 1.165) is 17.1 Å². The molecule has 0 spiro atoms. The molecule has 1 saturated heterocycles. The molecule has 0 aliphatic carbocycles. The summed E-state index contributed by atoms with van der Waals surface area (Å²) in [6.45, 7) is 3.51. The van der Waals surface area contributed by atoms with E-state index in [0.29, 0.717) is 25.3 Å². The maximum Gasteiger partial charge on any atom is 0.255 e. The third-order valence-electron chi connectivity index (χ3n) is 4.02. The Morgan fingerprint density at radius 2 is 2.17 bits per heavy atom. The molecule has 6 heteroatoms. The van der Waals surface area contributed by atoms with Crippen LogP contribution >= 0.6 is 0 Å². The Morgan fingerprint density at radius 3 is 2.92 bits per heavy atom. The van der Waals surface area contributed by atoms with Gasteiger partial charge >= 0.3 is 0 Å². The van der Waals surface area contributed by atoms with Crippen molar-refractivity contribution in [2.45, 2.75) is 13.0 Å². The summed E-state index contributed by atoms with van der Waals surface area (Å²) in [6.07, 6.45) is 3.15. The first kappa shape index (κ1) is 16.4. The molecule has 0 N–H and O–H groups in total. The molecule has 126 valence electrons. The Kier molecular flexibility index (Phi) is 4.76. The van der Waals surface area contributed by atoms with Gasteiger partial charge in [0, 0.05) is 33.0 Å². The number of morpholine rings is 1. The number of nitrogens with zero attached hydrogens (tertiary/aromatic N) is 4. The number of hydrogen-bond donors (Lipinski definition) is 0. The molecule has 0 bridgehead atoms. The Labute approximate surface area is 142 Å². The molecule has 3 heterocycles. The van der Waals surface area contributed by atoms with Gasteiger partial charge in [0.1, 0.15) is 11.9 Å². The second-order valence-corrected chi connectivity index (χ2v) is 6.18. The standard InChI is InChI=1S/C18H22N4O2/c1-13-9-14(11-19-10-13)18(23)22-7-8-24-16(12-22)15-5-4-6-17(20-15)21(2)3/h4-6,9-11,16H,7-8,12H2,1-3H3. The lowest BCUT2D eigenvalue weighted by Crippen LogP contribution is -2.42. The van der Waals surface area contributed by atoms with E-state index in [1.165, 1.54) is 0 Å². The minimum absolute atomic E-state index is 0.0109. The van der Waals surface area contributed by atoms with Crippen LogP contribution in [0, 0.1) is 6.92 Å². The number of rotatable bonds is 3. The van der Waals surface area contributed by atoms with Crippen molar-refractivity contribution in [2.75, 3.05) is 38.7 Å². The van der Waals surface area contributed by atoms with Crippen LogP contribution in [0.5, 0.6) is 0 Å². The molecule has 1 aliphatic heterocycles. The Hall–Kier alpha value is -2.47. The van der Waals surface area contributed by atoms with Crippen LogP contribution in [0.3, 0.4) is 0 Å². The van der Waals surface area contributed by atoms with Crippen molar-refractivity contribution in [3.05, 3.63) is 53.5 Å². The Morgan fingerprint density at radius 1 is 1.33 bits per heavy atom. The van der Waals surface area contributed by atoms with Crippen LogP contribution in [0.25, 0.3) is 0 Å². The first-order valence-electron chi connectivity index (χ1n) is 8.01. The molecule has 1 atom stereocenters. The third kappa shape index (κ3) is 3.54. The molecule has 1 aliphatic rings. The Balaban J connectivity index is 1.77. The lowest BCUT2D eigenvalue weighted by Gasteiger charge is -2.33. The van der Waals surface area contributed by atoms with Crippen molar-refractivity contribution in [1.29, 1.82) is 0 Å². The van der Waals surface area contributed by atoms with E-state index in [-0.39, 0.29) is 12.0 Å². The number of carbonyl (C=O) groups excluding carboxylic acids is 1. The second kappa shape index (κ2) is 6.97. The monoisotopic (exact) mass is 326 g/mol. The van der Waals surface area contributed by atoms with E-state index in [4.69, 9.17) is 4.74 Å². The van der Waals surface area contributed by atoms with Crippen molar-refractivity contribution < 1.29 is 9.53 Å². The normalized spacial score (nSPS) is 17.6. The van der Waals surface area contributed by atoms with Crippen molar-refractivity contribution in [1.82, 2.24) is 14.9 Å². The summed E-state index contributed by atoms with van der Waals surface area (Å²) in [5, 5.41) is 0. The SMILES string of the molecule is Cc1cncc(C(=O)N2CCOC(c3cccc(N(C)C)n3)C2)c1. The predicted molar refractivity (Wildman–Crippen MR) is 92.1 cm³/mol. The van der Waals surface area contributed by atoms with Gasteiger partial charge in [-0.3, -0.25) is 9.78 Å². The van der Waals surface area contributed by atoms with Crippen LogP contribution in [-0.4, -0.2) is 54.6 Å². The lowest BCUT2D eigenvalue weighted by molar-refractivity contribution is -0.0247. The van der Waals surface area contributed by atoms with E-state index >= 15 is 0 Å². The van der Waals surface area contributed by atoms with Crippen molar-refractivity contribution >= 4 is 11.7 Å². The molecule has 1 fully saturated rings. The van der Waals surface area contributed by atoms with Crippen molar-refractivity contribution in [3.63, 3.8) is 0 Å². The van der Waals surface area contributed by atoms with Crippen molar-refractivity contribution in [3.8, 4) is 0 Å². The van der Waals surface area contributed by atoms with Gasteiger partial charge in [0.25, 0.3) is 5.91 Å². The number of ether oxygens (including phenoxy) is 1. The summed E-state index contributed by atoms with van der Waals surface area (Å²) in [5.41, 5.74) is 2.44. The van der Waals surface area contributed by atoms with Gasteiger partial charge in [-0.2, -0.15) is 0 Å². The zero-order valence-electron chi connectivity index (χ0n) is 14.3. The van der Waals surface area contributed by atoms with E-state index in [2.05, 4.69) is 9.97 Å². The molecule has 0 radical (unpaired) electrons. The summed E-state index contributed by atoms with van der Waals surface area (Å²) in [7, 11) is 3.91. The molecular weight excluding hydrogens is 304 g/mol. The van der Waals surface area contributed by atoms with Crippen LogP contribution in [0.2, 0.25) is 0 Å². The molecule has 0 aromatic carbocycles. The molecule has 6 nitrogen and oxygen atoms in total. The Bertz CT molecular complexity index is 732. The van der Waals surface area contributed by atoms with Gasteiger partial charge in [0.05, 0.1) is 24.4 Å². The third-order valence-corrected chi connectivity index (χ3v) is 4.02. The van der Waals surface area contributed by atoms with Crippen LogP contribution in [0.4, 0.5) is 5.82 Å². The smallest absolute Gasteiger partial charge is 0.255 e. The van der Waals surface area contributed by atoms with E-state index < -0.39 is 0 Å². The largest absolute Gasteiger partial charge is 0.368 e. The summed E-state index contributed by atoms with van der Waals surface area (Å²) in [4.78, 5) is 25.2. The number of hydrogen-bond acceptors (Lipinski definition) is 5.